The fourth-order valence-corrected chi connectivity index (χ4v) is 3.13. The Kier molecular flexibility index (Phi) is 4.52. The first-order valence-corrected chi connectivity index (χ1v) is 7.41. The van der Waals surface area contributed by atoms with Crippen LogP contribution in [0, 0.1) is 0 Å². The Labute approximate surface area is 114 Å². The van der Waals surface area contributed by atoms with E-state index in [2.05, 4.69) is 20.7 Å². The summed E-state index contributed by atoms with van der Waals surface area (Å²) in [6.07, 6.45) is -0.289. The summed E-state index contributed by atoms with van der Waals surface area (Å²) >= 11 is 3.21. The highest BCUT2D eigenvalue weighted by Gasteiger charge is 2.28. The molecule has 0 amide bonds. The van der Waals surface area contributed by atoms with E-state index >= 15 is 0 Å². The second kappa shape index (κ2) is 5.38. The van der Waals surface area contributed by atoms with E-state index in [9.17, 15) is 13.2 Å². The maximum absolute atomic E-state index is 12.0. The van der Waals surface area contributed by atoms with E-state index in [-0.39, 0.29) is 11.3 Å². The summed E-state index contributed by atoms with van der Waals surface area (Å²) in [7, 11) is -3.71. The van der Waals surface area contributed by atoms with Gasteiger partial charge in [-0.05, 0) is 38.1 Å². The number of rotatable bonds is 5. The molecule has 2 N–H and O–H groups in total. The number of halogens is 1. The van der Waals surface area contributed by atoms with Gasteiger partial charge in [-0.3, -0.25) is 4.79 Å². The first-order chi connectivity index (χ1) is 8.12. The number of carboxylic acids is 1. The number of benzene rings is 1. The highest BCUT2D eigenvalue weighted by Crippen LogP contribution is 2.18. The lowest BCUT2D eigenvalue weighted by Crippen LogP contribution is -2.44. The van der Waals surface area contributed by atoms with E-state index in [1.165, 1.54) is 26.0 Å². The Morgan fingerprint density at radius 2 is 1.83 bits per heavy atom. The van der Waals surface area contributed by atoms with Gasteiger partial charge in [-0.15, -0.1) is 0 Å². The van der Waals surface area contributed by atoms with Crippen molar-refractivity contribution in [2.45, 2.75) is 30.7 Å². The molecule has 0 radical (unpaired) electrons. The van der Waals surface area contributed by atoms with E-state index in [1.807, 2.05) is 0 Å². The number of carbonyl (C=O) groups is 1. The van der Waals surface area contributed by atoms with Crippen molar-refractivity contribution in [3.8, 4) is 0 Å². The number of hydrogen-bond donors (Lipinski definition) is 2. The topological polar surface area (TPSA) is 83.5 Å². The zero-order valence-corrected chi connectivity index (χ0v) is 12.4. The van der Waals surface area contributed by atoms with Crippen molar-refractivity contribution in [2.75, 3.05) is 0 Å². The highest BCUT2D eigenvalue weighted by atomic mass is 79.9. The molecule has 5 nitrogen and oxygen atoms in total. The molecular formula is C11H14BrNO4S. The number of aliphatic carboxylic acids is 1. The summed E-state index contributed by atoms with van der Waals surface area (Å²) in [4.78, 5) is 10.7. The van der Waals surface area contributed by atoms with Gasteiger partial charge in [0.1, 0.15) is 0 Å². The van der Waals surface area contributed by atoms with Crippen molar-refractivity contribution >= 4 is 31.9 Å². The van der Waals surface area contributed by atoms with Gasteiger partial charge in [-0.25, -0.2) is 13.1 Å². The zero-order valence-electron chi connectivity index (χ0n) is 9.97. The van der Waals surface area contributed by atoms with Crippen molar-refractivity contribution in [3.05, 3.63) is 28.7 Å². The molecule has 0 aliphatic heterocycles. The Bertz CT molecular complexity index is 537. The molecule has 1 aromatic carbocycles. The number of carboxylic acid groups (broad SMARTS) is 1. The molecular weight excluding hydrogens is 322 g/mol. The lowest BCUT2D eigenvalue weighted by molar-refractivity contribution is -0.138. The van der Waals surface area contributed by atoms with Gasteiger partial charge in [0.15, 0.2) is 0 Å². The molecule has 0 saturated carbocycles. The molecule has 0 heterocycles. The van der Waals surface area contributed by atoms with E-state index in [1.54, 1.807) is 12.1 Å². The quantitative estimate of drug-likeness (QED) is 0.861. The molecule has 100 valence electrons. The van der Waals surface area contributed by atoms with Crippen LogP contribution in [-0.2, 0) is 14.8 Å². The second-order valence-corrected chi connectivity index (χ2v) is 7.11. The van der Waals surface area contributed by atoms with Crippen LogP contribution in [0.25, 0.3) is 0 Å². The molecule has 1 rings (SSSR count). The van der Waals surface area contributed by atoms with Crippen LogP contribution >= 0.6 is 15.9 Å². The van der Waals surface area contributed by atoms with Crippen molar-refractivity contribution < 1.29 is 18.3 Å². The third-order valence-corrected chi connectivity index (χ3v) is 4.37. The van der Waals surface area contributed by atoms with E-state index in [4.69, 9.17) is 5.11 Å². The summed E-state index contributed by atoms with van der Waals surface area (Å²) in [5.74, 6) is -1.06. The Morgan fingerprint density at radius 1 is 1.33 bits per heavy atom. The van der Waals surface area contributed by atoms with Crippen LogP contribution in [0.3, 0.4) is 0 Å². The van der Waals surface area contributed by atoms with E-state index in [0.29, 0.717) is 0 Å². The third-order valence-electron chi connectivity index (χ3n) is 2.13. The van der Waals surface area contributed by atoms with Crippen molar-refractivity contribution in [2.24, 2.45) is 0 Å². The summed E-state index contributed by atoms with van der Waals surface area (Å²) in [6, 6.07) is 6.12. The average molecular weight is 336 g/mol. The SMILES string of the molecule is CC(C)(CC(=O)O)NS(=O)(=O)c1ccc(Br)cc1. The minimum absolute atomic E-state index is 0.101. The van der Waals surface area contributed by atoms with Gasteiger partial charge in [0.05, 0.1) is 11.3 Å². The first-order valence-electron chi connectivity index (χ1n) is 5.14. The molecule has 7 heteroatoms. The summed E-state index contributed by atoms with van der Waals surface area (Å²) in [5, 5.41) is 8.71. The Morgan fingerprint density at radius 3 is 2.28 bits per heavy atom. The van der Waals surface area contributed by atoms with Crippen LogP contribution in [0.15, 0.2) is 33.6 Å². The largest absolute Gasteiger partial charge is 0.481 e. The highest BCUT2D eigenvalue weighted by molar-refractivity contribution is 9.10. The van der Waals surface area contributed by atoms with Crippen molar-refractivity contribution in [1.82, 2.24) is 4.72 Å². The predicted octanol–water partition coefficient (Wildman–Crippen LogP) is 1.98. The van der Waals surface area contributed by atoms with Gasteiger partial charge in [0.25, 0.3) is 0 Å². The summed E-state index contributed by atoms with van der Waals surface area (Å²) in [6.45, 7) is 3.05. The predicted molar refractivity (Wildman–Crippen MR) is 70.8 cm³/mol. The van der Waals surface area contributed by atoms with Gasteiger partial charge < -0.3 is 5.11 Å². The molecule has 0 atom stereocenters. The smallest absolute Gasteiger partial charge is 0.305 e. The Balaban J connectivity index is 2.95. The molecule has 0 saturated heterocycles. The van der Waals surface area contributed by atoms with Gasteiger partial charge in [0.2, 0.25) is 10.0 Å². The standard InChI is InChI=1S/C11H14BrNO4S/c1-11(2,7-10(14)15)13-18(16,17)9-5-3-8(12)4-6-9/h3-6,13H,7H2,1-2H3,(H,14,15). The zero-order chi connectivity index (χ0) is 14.0. The van der Waals surface area contributed by atoms with Crippen LogP contribution in [-0.4, -0.2) is 25.0 Å². The summed E-state index contributed by atoms with van der Waals surface area (Å²) in [5.41, 5.74) is -1.04. The van der Waals surface area contributed by atoms with E-state index in [0.717, 1.165) is 4.47 Å². The van der Waals surface area contributed by atoms with E-state index < -0.39 is 21.5 Å². The van der Waals surface area contributed by atoms with Gasteiger partial charge in [-0.2, -0.15) is 0 Å². The van der Waals surface area contributed by atoms with Crippen molar-refractivity contribution in [1.29, 1.82) is 0 Å². The molecule has 18 heavy (non-hydrogen) atoms. The lowest BCUT2D eigenvalue weighted by Gasteiger charge is -2.23. The fraction of sp³-hybridized carbons (Fsp3) is 0.364. The normalized spacial score (nSPS) is 12.4. The molecule has 0 aromatic heterocycles. The molecule has 0 unspecified atom stereocenters. The van der Waals surface area contributed by atoms with Crippen LogP contribution in [0.1, 0.15) is 20.3 Å². The number of hydrogen-bond acceptors (Lipinski definition) is 3. The Hall–Kier alpha value is -0.920. The number of nitrogens with one attached hydrogen (secondary N) is 1. The van der Waals surface area contributed by atoms with Gasteiger partial charge in [-0.1, -0.05) is 15.9 Å². The molecule has 0 bridgehead atoms. The van der Waals surface area contributed by atoms with Crippen molar-refractivity contribution in [3.63, 3.8) is 0 Å². The summed E-state index contributed by atoms with van der Waals surface area (Å²) < 4.78 is 27.2. The minimum atomic E-state index is -3.71. The molecule has 0 spiro atoms. The molecule has 1 aromatic rings. The van der Waals surface area contributed by atoms with Crippen LogP contribution < -0.4 is 4.72 Å². The lowest BCUT2D eigenvalue weighted by atomic mass is 10.0. The van der Waals surface area contributed by atoms with Gasteiger partial charge in [0, 0.05) is 10.0 Å². The monoisotopic (exact) mass is 335 g/mol. The minimum Gasteiger partial charge on any atom is -0.481 e. The van der Waals surface area contributed by atoms with Crippen LogP contribution in [0.5, 0.6) is 0 Å². The second-order valence-electron chi connectivity index (χ2n) is 4.51. The maximum atomic E-state index is 12.0. The first kappa shape index (κ1) is 15.1. The maximum Gasteiger partial charge on any atom is 0.305 e. The number of sulfonamides is 1. The molecule has 0 aliphatic carbocycles. The third kappa shape index (κ3) is 4.40. The molecule has 0 aliphatic rings. The average Bonchev–Trinajstić information content (AvgIpc) is 2.13. The van der Waals surface area contributed by atoms with Gasteiger partial charge >= 0.3 is 5.97 Å². The van der Waals surface area contributed by atoms with Crippen LogP contribution in [0.4, 0.5) is 0 Å². The van der Waals surface area contributed by atoms with Crippen LogP contribution in [0.2, 0.25) is 0 Å². The fourth-order valence-electron chi connectivity index (χ4n) is 1.45. The molecule has 0 fully saturated rings.